The van der Waals surface area contributed by atoms with Gasteiger partial charge in [0.25, 0.3) is 0 Å². The van der Waals surface area contributed by atoms with Crippen molar-refractivity contribution in [1.29, 1.82) is 0 Å². The Bertz CT molecular complexity index is 556. The predicted molar refractivity (Wildman–Crippen MR) is 77.3 cm³/mol. The van der Waals surface area contributed by atoms with Crippen molar-refractivity contribution >= 4 is 23.2 Å². The summed E-state index contributed by atoms with van der Waals surface area (Å²) in [4.78, 5) is 27.5. The minimum atomic E-state index is -0.00759. The average Bonchev–Trinajstić information content (AvgIpc) is 2.84. The zero-order valence-corrected chi connectivity index (χ0v) is 11.5. The Morgan fingerprint density at radius 1 is 1.20 bits per heavy atom. The van der Waals surface area contributed by atoms with Gasteiger partial charge in [-0.05, 0) is 37.0 Å². The van der Waals surface area contributed by atoms with Crippen LogP contribution in [0.4, 0.5) is 11.4 Å². The lowest BCUT2D eigenvalue weighted by Crippen LogP contribution is -2.43. The van der Waals surface area contributed by atoms with E-state index in [1.54, 1.807) is 9.80 Å². The van der Waals surface area contributed by atoms with Crippen LogP contribution in [0.15, 0.2) is 18.2 Å². The Hall–Kier alpha value is -2.04. The van der Waals surface area contributed by atoms with Gasteiger partial charge in [0, 0.05) is 30.9 Å². The largest absolute Gasteiger partial charge is 0.398 e. The van der Waals surface area contributed by atoms with Crippen molar-refractivity contribution in [2.24, 2.45) is 0 Å². The highest BCUT2D eigenvalue weighted by atomic mass is 16.2. The maximum atomic E-state index is 12.5. The first-order valence-corrected chi connectivity index (χ1v) is 7.12. The van der Waals surface area contributed by atoms with Gasteiger partial charge in [0.05, 0.1) is 0 Å². The molecule has 5 heteroatoms. The van der Waals surface area contributed by atoms with E-state index < -0.39 is 0 Å². The quantitative estimate of drug-likeness (QED) is 0.823. The van der Waals surface area contributed by atoms with Crippen LogP contribution in [0.2, 0.25) is 0 Å². The number of hydrogen-bond acceptors (Lipinski definition) is 3. The van der Waals surface area contributed by atoms with Gasteiger partial charge in [-0.1, -0.05) is 6.07 Å². The molecule has 2 amide bonds. The minimum absolute atomic E-state index is 0.00759. The fourth-order valence-electron chi connectivity index (χ4n) is 3.03. The molecule has 1 aromatic rings. The second-order valence-corrected chi connectivity index (χ2v) is 5.41. The predicted octanol–water partition coefficient (Wildman–Crippen LogP) is 1.17. The van der Waals surface area contributed by atoms with Gasteiger partial charge in [-0.3, -0.25) is 9.59 Å². The lowest BCUT2D eigenvalue weighted by molar-refractivity contribution is -0.132. The first kappa shape index (κ1) is 13.0. The number of anilines is 2. The van der Waals surface area contributed by atoms with Crippen molar-refractivity contribution in [3.05, 3.63) is 23.8 Å². The van der Waals surface area contributed by atoms with Gasteiger partial charge in [-0.25, -0.2) is 0 Å². The monoisotopic (exact) mass is 273 g/mol. The minimum Gasteiger partial charge on any atom is -0.398 e. The lowest BCUT2D eigenvalue weighted by atomic mass is 10.00. The molecule has 2 aliphatic heterocycles. The molecule has 0 saturated carbocycles. The van der Waals surface area contributed by atoms with Crippen LogP contribution in [0, 0.1) is 0 Å². The highest BCUT2D eigenvalue weighted by molar-refractivity contribution is 5.98. The van der Waals surface area contributed by atoms with E-state index in [0.717, 1.165) is 36.2 Å². The van der Waals surface area contributed by atoms with Crippen molar-refractivity contribution in [2.45, 2.75) is 25.7 Å². The van der Waals surface area contributed by atoms with E-state index in [4.69, 9.17) is 5.73 Å². The Kier molecular flexibility index (Phi) is 3.34. The number of nitrogen functional groups attached to an aromatic ring is 1. The van der Waals surface area contributed by atoms with E-state index in [-0.39, 0.29) is 18.4 Å². The molecule has 0 spiro atoms. The third-order valence-electron chi connectivity index (χ3n) is 4.09. The highest BCUT2D eigenvalue weighted by Crippen LogP contribution is 2.31. The van der Waals surface area contributed by atoms with Crippen LogP contribution in [0.5, 0.6) is 0 Å². The molecule has 5 nitrogen and oxygen atoms in total. The zero-order valence-electron chi connectivity index (χ0n) is 11.5. The summed E-state index contributed by atoms with van der Waals surface area (Å²) in [5.74, 6) is 0.0787. The van der Waals surface area contributed by atoms with Gasteiger partial charge < -0.3 is 15.5 Å². The summed E-state index contributed by atoms with van der Waals surface area (Å²) in [5, 5.41) is 0. The Balaban J connectivity index is 1.80. The molecule has 2 heterocycles. The molecular formula is C15H19N3O2. The number of amides is 2. The third-order valence-corrected chi connectivity index (χ3v) is 4.09. The first-order chi connectivity index (χ1) is 9.66. The molecule has 0 aromatic heterocycles. The second kappa shape index (κ2) is 5.15. The highest BCUT2D eigenvalue weighted by Gasteiger charge is 2.28. The van der Waals surface area contributed by atoms with Gasteiger partial charge in [0.1, 0.15) is 6.54 Å². The molecule has 1 saturated heterocycles. The van der Waals surface area contributed by atoms with E-state index in [1.165, 1.54) is 0 Å². The Morgan fingerprint density at radius 2 is 2.00 bits per heavy atom. The molecule has 3 rings (SSSR count). The fraction of sp³-hybridized carbons (Fsp3) is 0.467. The van der Waals surface area contributed by atoms with E-state index in [9.17, 15) is 9.59 Å². The average molecular weight is 273 g/mol. The van der Waals surface area contributed by atoms with Crippen LogP contribution in [0.25, 0.3) is 0 Å². The maximum absolute atomic E-state index is 12.5. The molecule has 20 heavy (non-hydrogen) atoms. The summed E-state index contributed by atoms with van der Waals surface area (Å²) in [6.45, 7) is 1.59. The molecule has 1 fully saturated rings. The van der Waals surface area contributed by atoms with Gasteiger partial charge in [0.2, 0.25) is 11.8 Å². The molecule has 0 aliphatic carbocycles. The van der Waals surface area contributed by atoms with Crippen LogP contribution in [0.3, 0.4) is 0 Å². The number of likely N-dealkylation sites (tertiary alicyclic amines) is 1. The Labute approximate surface area is 118 Å². The molecule has 1 aromatic carbocycles. The molecule has 2 N–H and O–H groups in total. The first-order valence-electron chi connectivity index (χ1n) is 7.12. The van der Waals surface area contributed by atoms with Crippen LogP contribution >= 0.6 is 0 Å². The van der Waals surface area contributed by atoms with Gasteiger partial charge >= 0.3 is 0 Å². The number of benzene rings is 1. The topological polar surface area (TPSA) is 66.6 Å². The summed E-state index contributed by atoms with van der Waals surface area (Å²) >= 11 is 0. The van der Waals surface area contributed by atoms with Crippen molar-refractivity contribution in [1.82, 2.24) is 4.90 Å². The maximum Gasteiger partial charge on any atom is 0.246 e. The number of hydrogen-bond donors (Lipinski definition) is 1. The number of carbonyl (C=O) groups excluding carboxylic acids is 2. The fourth-order valence-corrected chi connectivity index (χ4v) is 3.03. The van der Waals surface area contributed by atoms with E-state index in [2.05, 4.69) is 0 Å². The van der Waals surface area contributed by atoms with Gasteiger partial charge in [-0.2, -0.15) is 0 Å². The van der Waals surface area contributed by atoms with E-state index in [1.807, 2.05) is 18.2 Å². The van der Waals surface area contributed by atoms with Crippen LogP contribution < -0.4 is 10.6 Å². The Morgan fingerprint density at radius 3 is 2.75 bits per heavy atom. The lowest BCUT2D eigenvalue weighted by Gasteiger charge is -2.31. The number of fused-ring (bicyclic) bond motifs is 1. The number of nitrogens with zero attached hydrogens (tertiary/aromatic N) is 2. The summed E-state index contributed by atoms with van der Waals surface area (Å²) in [6, 6.07) is 5.69. The standard InChI is InChI=1S/C15H19N3O2/c16-12-5-1-6-13-11(12)4-2-9-18(13)15(20)10-17-8-3-7-14(17)19/h1,5-6H,2-4,7-10,16H2. The van der Waals surface area contributed by atoms with Crippen molar-refractivity contribution in [3.63, 3.8) is 0 Å². The SMILES string of the molecule is Nc1cccc2c1CCCN2C(=O)CN1CCCC1=O. The van der Waals surface area contributed by atoms with Crippen molar-refractivity contribution in [2.75, 3.05) is 30.3 Å². The van der Waals surface area contributed by atoms with Crippen molar-refractivity contribution in [3.8, 4) is 0 Å². The summed E-state index contributed by atoms with van der Waals surface area (Å²) in [5.41, 5.74) is 8.70. The number of nitrogens with two attached hydrogens (primary N) is 1. The van der Waals surface area contributed by atoms with Gasteiger partial charge in [-0.15, -0.1) is 0 Å². The van der Waals surface area contributed by atoms with Crippen molar-refractivity contribution < 1.29 is 9.59 Å². The van der Waals surface area contributed by atoms with Crippen LogP contribution in [-0.4, -0.2) is 36.3 Å². The molecule has 0 bridgehead atoms. The summed E-state index contributed by atoms with van der Waals surface area (Å²) in [6.07, 6.45) is 3.25. The summed E-state index contributed by atoms with van der Waals surface area (Å²) in [7, 11) is 0. The van der Waals surface area contributed by atoms with E-state index >= 15 is 0 Å². The summed E-state index contributed by atoms with van der Waals surface area (Å²) < 4.78 is 0. The molecule has 2 aliphatic rings. The van der Waals surface area contributed by atoms with Gasteiger partial charge in [0.15, 0.2) is 0 Å². The second-order valence-electron chi connectivity index (χ2n) is 5.41. The van der Waals surface area contributed by atoms with E-state index in [0.29, 0.717) is 19.5 Å². The smallest absolute Gasteiger partial charge is 0.246 e. The van der Waals surface area contributed by atoms with Crippen LogP contribution in [-0.2, 0) is 16.0 Å². The zero-order chi connectivity index (χ0) is 14.1. The molecule has 0 atom stereocenters. The molecule has 0 unspecified atom stereocenters. The molecule has 0 radical (unpaired) electrons. The molecular weight excluding hydrogens is 254 g/mol. The third kappa shape index (κ3) is 2.24. The van der Waals surface area contributed by atoms with Crippen LogP contribution in [0.1, 0.15) is 24.8 Å². The number of carbonyl (C=O) groups is 2. The number of rotatable bonds is 2. The molecule has 106 valence electrons. The normalized spacial score (nSPS) is 18.3.